The molecule has 1 unspecified atom stereocenters. The first-order chi connectivity index (χ1) is 14.2. The van der Waals surface area contributed by atoms with Crippen molar-refractivity contribution in [2.24, 2.45) is 0 Å². The van der Waals surface area contributed by atoms with Crippen molar-refractivity contribution in [1.29, 1.82) is 0 Å². The second kappa shape index (κ2) is 8.27. The summed E-state index contributed by atoms with van der Waals surface area (Å²) in [4.78, 5) is 15.3. The van der Waals surface area contributed by atoms with E-state index in [9.17, 15) is 9.18 Å². The zero-order chi connectivity index (χ0) is 20.4. The number of halogens is 1. The molecule has 4 rings (SSSR count). The molecule has 5 heteroatoms. The Balaban J connectivity index is 1.77. The van der Waals surface area contributed by atoms with E-state index in [-0.39, 0.29) is 11.8 Å². The summed E-state index contributed by atoms with van der Waals surface area (Å²) < 4.78 is 21.0. The van der Waals surface area contributed by atoms with Crippen molar-refractivity contribution in [2.45, 2.75) is 38.3 Å². The summed E-state index contributed by atoms with van der Waals surface area (Å²) in [5, 5.41) is 0.963. The summed E-state index contributed by atoms with van der Waals surface area (Å²) in [7, 11) is 3.51. The molecule has 1 aliphatic rings. The Morgan fingerprint density at radius 1 is 1.21 bits per heavy atom. The van der Waals surface area contributed by atoms with Gasteiger partial charge in [0.15, 0.2) is 0 Å². The Morgan fingerprint density at radius 2 is 2.00 bits per heavy atom. The summed E-state index contributed by atoms with van der Waals surface area (Å²) in [5.41, 5.74) is 4.18. The fourth-order valence-electron chi connectivity index (χ4n) is 4.67. The number of carbonyl (C=O) groups excluding carboxylic acids is 1. The summed E-state index contributed by atoms with van der Waals surface area (Å²) in [6, 6.07) is 15.9. The number of benzene rings is 2. The number of methoxy groups -OCH3 is 1. The van der Waals surface area contributed by atoms with Gasteiger partial charge in [0.2, 0.25) is 5.91 Å². The lowest BCUT2D eigenvalue weighted by molar-refractivity contribution is -0.132. The van der Waals surface area contributed by atoms with Gasteiger partial charge in [0, 0.05) is 24.7 Å². The highest BCUT2D eigenvalue weighted by atomic mass is 18.2. The zero-order valence-electron chi connectivity index (χ0n) is 17.0. The van der Waals surface area contributed by atoms with Crippen molar-refractivity contribution in [3.05, 3.63) is 65.4 Å². The lowest BCUT2D eigenvalue weighted by atomic mass is 9.84. The molecular weight excluding hydrogens is 366 g/mol. The van der Waals surface area contributed by atoms with E-state index in [1.54, 1.807) is 7.11 Å². The highest BCUT2D eigenvalue weighted by Crippen LogP contribution is 2.43. The van der Waals surface area contributed by atoms with Crippen LogP contribution in [-0.4, -0.2) is 36.2 Å². The smallest absolute Gasteiger partial charge is 0.230 e. The Hall–Kier alpha value is -2.82. The Labute approximate surface area is 170 Å². The number of rotatable bonds is 6. The average molecular weight is 393 g/mol. The van der Waals surface area contributed by atoms with Gasteiger partial charge in [-0.05, 0) is 42.5 Å². The third-order valence-electron chi connectivity index (χ3n) is 5.92. The molecule has 0 radical (unpaired) electrons. The van der Waals surface area contributed by atoms with Crippen LogP contribution in [0, 0.1) is 0 Å². The second-order valence-electron chi connectivity index (χ2n) is 7.68. The van der Waals surface area contributed by atoms with E-state index in [0.717, 1.165) is 52.7 Å². The van der Waals surface area contributed by atoms with Crippen LogP contribution in [0.5, 0.6) is 5.75 Å². The molecule has 0 spiro atoms. The van der Waals surface area contributed by atoms with Crippen molar-refractivity contribution in [2.75, 3.05) is 20.8 Å². The average Bonchev–Trinajstić information content (AvgIpc) is 3.08. The number of ether oxygens (including phenoxy) is 1. The third kappa shape index (κ3) is 3.50. The van der Waals surface area contributed by atoms with E-state index in [1.807, 2.05) is 65.0 Å². The monoisotopic (exact) mass is 393 g/mol. The van der Waals surface area contributed by atoms with Gasteiger partial charge in [0.25, 0.3) is 0 Å². The predicted molar refractivity (Wildman–Crippen MR) is 113 cm³/mol. The second-order valence-corrected chi connectivity index (χ2v) is 7.68. The minimum atomic E-state index is -0.431. The SMILES string of the molecule is COc1cccc2c1c1c(n2CC[18F])CCCC1C(=O)N(C)Cc1ccccc1. The number of nitrogens with zero attached hydrogens (tertiary/aromatic N) is 2. The highest BCUT2D eigenvalue weighted by molar-refractivity contribution is 5.97. The largest absolute Gasteiger partial charge is 0.496 e. The molecule has 0 fully saturated rings. The maximum Gasteiger partial charge on any atom is 0.230 e. The van der Waals surface area contributed by atoms with E-state index < -0.39 is 6.67 Å². The number of hydrogen-bond donors (Lipinski definition) is 0. The standard InChI is InChI=1S/C24H27FN2O2/c1-26(16-17-8-4-3-5-9-17)24(28)18-10-6-11-19-22(18)23-20(27(19)15-14-25)12-7-13-21(23)29-2/h3-5,7-9,12-13,18H,6,10-11,14-16H2,1-2H3/i25-1. The molecule has 0 saturated carbocycles. The first kappa shape index (κ1) is 19.5. The first-order valence-corrected chi connectivity index (χ1v) is 10.2. The molecule has 1 atom stereocenters. The fraction of sp³-hybridized carbons (Fsp3) is 0.375. The van der Waals surface area contributed by atoms with E-state index in [1.165, 1.54) is 0 Å². The minimum absolute atomic E-state index is 0.111. The van der Waals surface area contributed by atoms with Crippen molar-refractivity contribution in [1.82, 2.24) is 9.47 Å². The van der Waals surface area contributed by atoms with E-state index in [4.69, 9.17) is 4.74 Å². The predicted octanol–water partition coefficient (Wildman–Crippen LogP) is 4.70. The van der Waals surface area contributed by atoms with Crippen LogP contribution in [0.25, 0.3) is 10.9 Å². The van der Waals surface area contributed by atoms with Crippen LogP contribution in [0.1, 0.15) is 35.6 Å². The zero-order valence-corrected chi connectivity index (χ0v) is 17.0. The Bertz CT molecular complexity index is 1010. The number of likely N-dealkylation sites (N-methyl/N-ethyl adjacent to an activating group) is 1. The molecule has 0 N–H and O–H groups in total. The van der Waals surface area contributed by atoms with Gasteiger partial charge in [0.1, 0.15) is 12.4 Å². The van der Waals surface area contributed by atoms with Crippen LogP contribution in [0.4, 0.5) is 4.39 Å². The fourth-order valence-corrected chi connectivity index (χ4v) is 4.67. The summed E-state index contributed by atoms with van der Waals surface area (Å²) in [5.74, 6) is 0.633. The third-order valence-corrected chi connectivity index (χ3v) is 5.92. The molecule has 1 heterocycles. The van der Waals surface area contributed by atoms with Gasteiger partial charge in [-0.1, -0.05) is 36.4 Å². The van der Waals surface area contributed by atoms with Gasteiger partial charge >= 0.3 is 0 Å². The molecule has 1 amide bonds. The molecule has 2 aromatic carbocycles. The normalized spacial score (nSPS) is 15.9. The number of aromatic nitrogens is 1. The van der Waals surface area contributed by atoms with Gasteiger partial charge in [-0.3, -0.25) is 4.79 Å². The maximum absolute atomic E-state index is 13.5. The number of aryl methyl sites for hydroxylation is 1. The molecule has 0 saturated heterocycles. The first-order valence-electron chi connectivity index (χ1n) is 10.2. The van der Waals surface area contributed by atoms with Crippen LogP contribution in [-0.2, 0) is 24.3 Å². The quantitative estimate of drug-likeness (QED) is 0.608. The summed E-state index contributed by atoms with van der Waals surface area (Å²) in [6.45, 7) is 0.450. The van der Waals surface area contributed by atoms with Gasteiger partial charge in [-0.15, -0.1) is 0 Å². The number of fused-ring (bicyclic) bond motifs is 3. The van der Waals surface area contributed by atoms with E-state index in [0.29, 0.717) is 13.1 Å². The minimum Gasteiger partial charge on any atom is -0.496 e. The highest BCUT2D eigenvalue weighted by Gasteiger charge is 2.34. The maximum atomic E-state index is 13.5. The van der Waals surface area contributed by atoms with E-state index in [2.05, 4.69) is 0 Å². The van der Waals surface area contributed by atoms with Crippen molar-refractivity contribution >= 4 is 16.8 Å². The van der Waals surface area contributed by atoms with Gasteiger partial charge < -0.3 is 14.2 Å². The molecule has 4 nitrogen and oxygen atoms in total. The summed E-state index contributed by atoms with van der Waals surface area (Å²) >= 11 is 0. The Morgan fingerprint density at radius 3 is 2.72 bits per heavy atom. The lowest BCUT2D eigenvalue weighted by Gasteiger charge is -2.28. The molecule has 0 bridgehead atoms. The molecule has 1 aromatic heterocycles. The van der Waals surface area contributed by atoms with Crippen LogP contribution >= 0.6 is 0 Å². The van der Waals surface area contributed by atoms with Gasteiger partial charge in [-0.2, -0.15) is 0 Å². The van der Waals surface area contributed by atoms with Crippen molar-refractivity contribution in [3.63, 3.8) is 0 Å². The van der Waals surface area contributed by atoms with Gasteiger partial charge in [0.05, 0.1) is 25.1 Å². The number of carbonyl (C=O) groups is 1. The number of alkyl halides is 1. The lowest BCUT2D eigenvalue weighted by Crippen LogP contribution is -2.33. The van der Waals surface area contributed by atoms with Crippen LogP contribution < -0.4 is 4.74 Å². The topological polar surface area (TPSA) is 34.5 Å². The van der Waals surface area contributed by atoms with Crippen LogP contribution in [0.15, 0.2) is 48.5 Å². The van der Waals surface area contributed by atoms with Crippen LogP contribution in [0.2, 0.25) is 0 Å². The molecule has 29 heavy (non-hydrogen) atoms. The molecule has 0 aliphatic heterocycles. The molecule has 3 aromatic rings. The van der Waals surface area contributed by atoms with Gasteiger partial charge in [-0.25, -0.2) is 4.39 Å². The molecular formula is C24H27FN2O2. The number of amides is 1. The molecule has 1 aliphatic carbocycles. The van der Waals surface area contributed by atoms with E-state index >= 15 is 0 Å². The summed E-state index contributed by atoms with van der Waals surface area (Å²) in [6.07, 6.45) is 2.59. The molecule has 152 valence electrons. The van der Waals surface area contributed by atoms with Crippen LogP contribution in [0.3, 0.4) is 0 Å². The van der Waals surface area contributed by atoms with Crippen molar-refractivity contribution < 1.29 is 13.9 Å². The van der Waals surface area contributed by atoms with Crippen molar-refractivity contribution in [3.8, 4) is 5.75 Å². The Kier molecular flexibility index (Phi) is 5.56. The number of hydrogen-bond acceptors (Lipinski definition) is 2.